The molecule has 0 N–H and O–H groups in total. The topological polar surface area (TPSA) is 79.1 Å². The monoisotopic (exact) mass is 836 g/mol. The van der Waals surface area contributed by atoms with E-state index in [0.717, 1.165) is 21.5 Å². The molecule has 246 valence electrons. The standard InChI is InChI=1S/C32H23Cl3F3IN2O5S/c1-3-44-23-13-17(12-22(39)27(23)46-15-16-5-10-20(34)21(35)11-16)14-24-29(42)41-26(18-6-8-19(33)9-7-18)25(30(43)45-4-2)28(32(36,37)38)40-31(41)47-24/h5-14,26H,3-4,15H2,1-2H3/b24-14-/t26-/m0/s1. The number of ether oxygens (including phenoxy) is 3. The van der Waals surface area contributed by atoms with Crippen LogP contribution in [0.25, 0.3) is 6.08 Å². The molecule has 47 heavy (non-hydrogen) atoms. The van der Waals surface area contributed by atoms with Crippen molar-refractivity contribution >= 4 is 80.8 Å². The Balaban J connectivity index is 1.64. The van der Waals surface area contributed by atoms with Crippen LogP contribution < -0.4 is 24.4 Å². The van der Waals surface area contributed by atoms with E-state index in [4.69, 9.17) is 49.0 Å². The molecule has 2 heterocycles. The van der Waals surface area contributed by atoms with Gasteiger partial charge in [0.1, 0.15) is 6.61 Å². The number of esters is 1. The lowest BCUT2D eigenvalue weighted by Crippen LogP contribution is -2.41. The molecule has 1 aromatic heterocycles. The Morgan fingerprint density at radius 1 is 1.02 bits per heavy atom. The number of fused-ring (bicyclic) bond motifs is 1. The summed E-state index contributed by atoms with van der Waals surface area (Å²) in [4.78, 5) is 30.5. The Morgan fingerprint density at radius 2 is 1.74 bits per heavy atom. The molecule has 15 heteroatoms. The van der Waals surface area contributed by atoms with Crippen LogP contribution in [0.1, 0.15) is 36.6 Å². The third kappa shape index (κ3) is 7.67. The number of alkyl halides is 3. The zero-order valence-corrected chi connectivity index (χ0v) is 29.7. The zero-order valence-electron chi connectivity index (χ0n) is 24.5. The van der Waals surface area contributed by atoms with Crippen LogP contribution in [0.5, 0.6) is 11.5 Å². The molecular weight excluding hydrogens is 815 g/mol. The number of rotatable bonds is 9. The number of thiazole rings is 1. The summed E-state index contributed by atoms with van der Waals surface area (Å²) in [6.45, 7) is 3.57. The van der Waals surface area contributed by atoms with Crippen LogP contribution in [0.4, 0.5) is 13.2 Å². The molecular formula is C32H23Cl3F3IN2O5S. The van der Waals surface area contributed by atoms with E-state index in [1.165, 1.54) is 37.3 Å². The van der Waals surface area contributed by atoms with Crippen molar-refractivity contribution in [1.29, 1.82) is 0 Å². The van der Waals surface area contributed by atoms with E-state index in [9.17, 15) is 22.8 Å². The van der Waals surface area contributed by atoms with Gasteiger partial charge in [-0.2, -0.15) is 13.2 Å². The molecule has 1 atom stereocenters. The smallest absolute Gasteiger partial charge is 0.434 e. The molecule has 0 saturated carbocycles. The summed E-state index contributed by atoms with van der Waals surface area (Å²) in [5, 5.41) is 1.13. The maximum atomic E-state index is 14.4. The molecule has 3 aromatic carbocycles. The number of nitrogens with zero attached hydrogens (tertiary/aromatic N) is 2. The number of carbonyl (C=O) groups is 1. The van der Waals surface area contributed by atoms with Crippen molar-refractivity contribution in [2.45, 2.75) is 32.7 Å². The van der Waals surface area contributed by atoms with Gasteiger partial charge in [-0.1, -0.05) is 64.3 Å². The van der Waals surface area contributed by atoms with Gasteiger partial charge >= 0.3 is 12.1 Å². The minimum Gasteiger partial charge on any atom is -0.490 e. The van der Waals surface area contributed by atoms with Gasteiger partial charge in [0.25, 0.3) is 5.56 Å². The van der Waals surface area contributed by atoms with E-state index >= 15 is 0 Å². The van der Waals surface area contributed by atoms with Gasteiger partial charge in [-0.3, -0.25) is 9.36 Å². The summed E-state index contributed by atoms with van der Waals surface area (Å²) in [5.74, 6) is -0.388. The Hall–Kier alpha value is -3.04. The van der Waals surface area contributed by atoms with Gasteiger partial charge in [-0.25, -0.2) is 9.79 Å². The van der Waals surface area contributed by atoms with Crippen molar-refractivity contribution in [3.05, 3.63) is 121 Å². The van der Waals surface area contributed by atoms with Gasteiger partial charge in [0, 0.05) is 5.02 Å². The fraction of sp³-hybridized carbons (Fsp3) is 0.219. The molecule has 0 unspecified atom stereocenters. The third-order valence-electron chi connectivity index (χ3n) is 6.78. The summed E-state index contributed by atoms with van der Waals surface area (Å²) in [7, 11) is 0. The highest BCUT2D eigenvalue weighted by Gasteiger charge is 2.45. The molecule has 0 bridgehead atoms. The molecule has 5 rings (SSSR count). The van der Waals surface area contributed by atoms with Crippen LogP contribution in [0.15, 0.2) is 75.7 Å². The second-order valence-corrected chi connectivity index (χ2v) is 13.3. The minimum atomic E-state index is -5.02. The van der Waals surface area contributed by atoms with Crippen LogP contribution in [0, 0.1) is 3.57 Å². The second kappa shape index (κ2) is 14.6. The van der Waals surface area contributed by atoms with Crippen LogP contribution in [-0.2, 0) is 16.1 Å². The number of allylic oxidation sites excluding steroid dienone is 1. The SMILES string of the molecule is CCOC(=O)C1=C(C(F)(F)F)N=c2s/c(=C\c3cc(I)c(OCc4ccc(Cl)c(Cl)c4)c(OCC)c3)c(=O)n2[C@H]1c1ccc(Cl)cc1. The number of halogens is 7. The van der Waals surface area contributed by atoms with E-state index in [1.54, 1.807) is 37.3 Å². The molecule has 4 aromatic rings. The largest absolute Gasteiger partial charge is 0.490 e. The van der Waals surface area contributed by atoms with E-state index in [0.29, 0.717) is 42.3 Å². The van der Waals surface area contributed by atoms with Crippen LogP contribution in [0.3, 0.4) is 0 Å². The average Bonchev–Trinajstić information content (AvgIpc) is 3.32. The Kier molecular flexibility index (Phi) is 11.0. The molecule has 0 aliphatic carbocycles. The fourth-order valence-corrected chi connectivity index (χ4v) is 7.04. The van der Waals surface area contributed by atoms with E-state index in [2.05, 4.69) is 27.6 Å². The van der Waals surface area contributed by atoms with E-state index < -0.39 is 35.0 Å². The number of aromatic nitrogens is 1. The van der Waals surface area contributed by atoms with Gasteiger partial charge in [0.2, 0.25) is 0 Å². The molecule has 0 radical (unpaired) electrons. The first-order valence-corrected chi connectivity index (χ1v) is 16.9. The second-order valence-electron chi connectivity index (χ2n) is 9.91. The van der Waals surface area contributed by atoms with Gasteiger partial charge in [-0.15, -0.1) is 0 Å². The lowest BCUT2D eigenvalue weighted by molar-refractivity contribution is -0.140. The average molecular weight is 838 g/mol. The molecule has 7 nitrogen and oxygen atoms in total. The van der Waals surface area contributed by atoms with Crippen molar-refractivity contribution in [2.24, 2.45) is 4.99 Å². The number of hydrogen-bond acceptors (Lipinski definition) is 7. The first-order chi connectivity index (χ1) is 22.3. The molecule has 0 fully saturated rings. The predicted octanol–water partition coefficient (Wildman–Crippen LogP) is 7.88. The summed E-state index contributed by atoms with van der Waals surface area (Å²) in [6, 6.07) is 12.9. The highest BCUT2D eigenvalue weighted by atomic mass is 127. The maximum Gasteiger partial charge on any atom is 0.434 e. The van der Waals surface area contributed by atoms with Crippen LogP contribution in [0.2, 0.25) is 15.1 Å². The third-order valence-corrected chi connectivity index (χ3v) is 9.55. The lowest BCUT2D eigenvalue weighted by atomic mass is 9.95. The normalized spacial score (nSPS) is 14.9. The van der Waals surface area contributed by atoms with Gasteiger partial charge in [0.05, 0.1) is 43.0 Å². The summed E-state index contributed by atoms with van der Waals surface area (Å²) in [6.07, 6.45) is -3.49. The molecule has 1 aliphatic rings. The van der Waals surface area contributed by atoms with Crippen LogP contribution >= 0.6 is 68.7 Å². The molecule has 0 spiro atoms. The van der Waals surface area contributed by atoms with E-state index in [1.807, 2.05) is 0 Å². The molecule has 0 amide bonds. The molecule has 0 saturated heterocycles. The minimum absolute atomic E-state index is 0.0806. The predicted molar refractivity (Wildman–Crippen MR) is 183 cm³/mol. The van der Waals surface area contributed by atoms with Crippen molar-refractivity contribution in [3.8, 4) is 11.5 Å². The van der Waals surface area contributed by atoms with Crippen LogP contribution in [-0.4, -0.2) is 29.9 Å². The highest BCUT2D eigenvalue weighted by Crippen LogP contribution is 2.39. The Bertz CT molecular complexity index is 2060. The summed E-state index contributed by atoms with van der Waals surface area (Å²) in [5.41, 5.74) is -1.35. The number of carbonyl (C=O) groups excluding carboxylic acids is 1. The summed E-state index contributed by atoms with van der Waals surface area (Å²) >= 11 is 21.0. The lowest BCUT2D eigenvalue weighted by Gasteiger charge is -2.26. The highest BCUT2D eigenvalue weighted by molar-refractivity contribution is 14.1. The molecule has 1 aliphatic heterocycles. The number of benzene rings is 3. The van der Waals surface area contributed by atoms with Crippen molar-refractivity contribution < 1.29 is 32.2 Å². The quantitative estimate of drug-likeness (QED) is 0.127. The Morgan fingerprint density at radius 3 is 2.38 bits per heavy atom. The van der Waals surface area contributed by atoms with Gasteiger partial charge < -0.3 is 14.2 Å². The fourth-order valence-electron chi connectivity index (χ4n) is 4.81. The zero-order chi connectivity index (χ0) is 34.0. The Labute approximate surface area is 299 Å². The first-order valence-electron chi connectivity index (χ1n) is 13.9. The van der Waals surface area contributed by atoms with Crippen molar-refractivity contribution in [1.82, 2.24) is 4.57 Å². The summed E-state index contributed by atoms with van der Waals surface area (Å²) < 4.78 is 61.9. The van der Waals surface area contributed by atoms with Crippen molar-refractivity contribution in [3.63, 3.8) is 0 Å². The first kappa shape index (κ1) is 35.3. The number of hydrogen-bond donors (Lipinski definition) is 0. The van der Waals surface area contributed by atoms with E-state index in [-0.39, 0.29) is 28.1 Å². The van der Waals surface area contributed by atoms with Gasteiger partial charge in [-0.05, 0) is 95.6 Å². The van der Waals surface area contributed by atoms with Crippen molar-refractivity contribution in [2.75, 3.05) is 13.2 Å². The maximum absolute atomic E-state index is 14.4. The van der Waals surface area contributed by atoms with Gasteiger partial charge in [0.15, 0.2) is 22.0 Å².